The Morgan fingerprint density at radius 2 is 2.14 bits per heavy atom. The minimum absolute atomic E-state index is 0.0844. The number of rotatable bonds is 2. The molecule has 5 nitrogen and oxygen atoms in total. The molecule has 0 heterocycles. The van der Waals surface area contributed by atoms with E-state index in [1.54, 1.807) is 37.2 Å². The summed E-state index contributed by atoms with van der Waals surface area (Å²) in [7, 11) is 3.40. The van der Waals surface area contributed by atoms with Crippen molar-refractivity contribution in [3.63, 3.8) is 0 Å². The van der Waals surface area contributed by atoms with Crippen molar-refractivity contribution < 1.29 is 4.92 Å². The van der Waals surface area contributed by atoms with Crippen molar-refractivity contribution in [2.24, 2.45) is 0 Å². The molecule has 0 fully saturated rings. The largest absolute Gasteiger partial charge is 0.372 e. The van der Waals surface area contributed by atoms with Crippen LogP contribution in [-0.2, 0) is 0 Å². The monoisotopic (exact) mass is 191 g/mol. The van der Waals surface area contributed by atoms with E-state index in [2.05, 4.69) is 0 Å². The molecule has 14 heavy (non-hydrogen) atoms. The summed E-state index contributed by atoms with van der Waals surface area (Å²) in [5.74, 6) is 0. The number of hydrogen-bond acceptors (Lipinski definition) is 4. The molecule has 0 saturated heterocycles. The maximum absolute atomic E-state index is 10.7. The first kappa shape index (κ1) is 9.99. The Morgan fingerprint density at radius 3 is 2.57 bits per heavy atom. The summed E-state index contributed by atoms with van der Waals surface area (Å²) >= 11 is 0. The van der Waals surface area contributed by atoms with Crippen LogP contribution in [0.4, 0.5) is 11.4 Å². The van der Waals surface area contributed by atoms with Crippen LogP contribution in [0, 0.1) is 21.4 Å². The zero-order chi connectivity index (χ0) is 10.7. The highest BCUT2D eigenvalue weighted by Crippen LogP contribution is 2.29. The van der Waals surface area contributed by atoms with E-state index in [4.69, 9.17) is 5.26 Å². The van der Waals surface area contributed by atoms with E-state index in [0.29, 0.717) is 5.69 Å². The molecule has 0 N–H and O–H groups in total. The molecule has 1 aromatic rings. The number of anilines is 1. The van der Waals surface area contributed by atoms with Crippen molar-refractivity contribution >= 4 is 11.4 Å². The fourth-order valence-corrected chi connectivity index (χ4v) is 1.17. The lowest BCUT2D eigenvalue weighted by atomic mass is 10.1. The van der Waals surface area contributed by atoms with Gasteiger partial charge in [-0.15, -0.1) is 0 Å². The Balaban J connectivity index is 3.45. The second-order valence-corrected chi connectivity index (χ2v) is 2.94. The first-order valence-electron chi connectivity index (χ1n) is 3.92. The second-order valence-electron chi connectivity index (χ2n) is 2.94. The van der Waals surface area contributed by atoms with Crippen molar-refractivity contribution in [2.75, 3.05) is 19.0 Å². The molecule has 0 amide bonds. The van der Waals surface area contributed by atoms with Crippen LogP contribution < -0.4 is 4.90 Å². The van der Waals surface area contributed by atoms with Gasteiger partial charge in [-0.2, -0.15) is 5.26 Å². The predicted molar refractivity (Wildman–Crippen MR) is 52.1 cm³/mol. The molecule has 0 aromatic heterocycles. The maximum Gasteiger partial charge on any atom is 0.310 e. The van der Waals surface area contributed by atoms with E-state index in [-0.39, 0.29) is 11.3 Å². The minimum Gasteiger partial charge on any atom is -0.372 e. The van der Waals surface area contributed by atoms with Gasteiger partial charge in [0.15, 0.2) is 0 Å². The molecule has 0 atom stereocenters. The van der Waals surface area contributed by atoms with Crippen LogP contribution in [0.25, 0.3) is 0 Å². The summed E-state index contributed by atoms with van der Waals surface area (Å²) < 4.78 is 0. The van der Waals surface area contributed by atoms with E-state index in [1.165, 1.54) is 6.07 Å². The van der Waals surface area contributed by atoms with E-state index in [0.717, 1.165) is 0 Å². The molecule has 0 spiro atoms. The first-order chi connectivity index (χ1) is 6.57. The van der Waals surface area contributed by atoms with E-state index >= 15 is 0 Å². The van der Waals surface area contributed by atoms with Crippen LogP contribution in [0.2, 0.25) is 0 Å². The number of hydrogen-bond donors (Lipinski definition) is 0. The van der Waals surface area contributed by atoms with Gasteiger partial charge in [0.2, 0.25) is 0 Å². The van der Waals surface area contributed by atoms with Gasteiger partial charge in [-0.25, -0.2) is 0 Å². The smallest absolute Gasteiger partial charge is 0.310 e. The molecule has 5 heteroatoms. The third-order valence-corrected chi connectivity index (χ3v) is 1.80. The Morgan fingerprint density at radius 1 is 1.50 bits per heavy atom. The molecule has 0 aliphatic rings. The quantitative estimate of drug-likeness (QED) is 0.525. The predicted octanol–water partition coefficient (Wildman–Crippen LogP) is 1.53. The van der Waals surface area contributed by atoms with Crippen LogP contribution in [0.15, 0.2) is 18.2 Å². The summed E-state index contributed by atoms with van der Waals surface area (Å²) in [5, 5.41) is 19.4. The summed E-state index contributed by atoms with van der Waals surface area (Å²) in [6.07, 6.45) is 0. The molecule has 0 saturated carbocycles. The van der Waals surface area contributed by atoms with Gasteiger partial charge in [-0.3, -0.25) is 10.1 Å². The Hall–Kier alpha value is -2.09. The highest BCUT2D eigenvalue weighted by atomic mass is 16.6. The SMILES string of the molecule is CN(C)c1cccc(C#N)c1[N+](=O)[O-]. The van der Waals surface area contributed by atoms with Crippen LogP contribution >= 0.6 is 0 Å². The number of nitro groups is 1. The van der Waals surface area contributed by atoms with Crippen molar-refractivity contribution in [1.29, 1.82) is 5.26 Å². The summed E-state index contributed by atoms with van der Waals surface area (Å²) in [4.78, 5) is 11.8. The van der Waals surface area contributed by atoms with Gasteiger partial charge in [0.1, 0.15) is 17.3 Å². The number of para-hydroxylation sites is 1. The standard InChI is InChI=1S/C9H9N3O2/c1-11(2)8-5-3-4-7(6-10)9(8)12(13)14/h3-5H,1-2H3. The number of nitrogens with zero attached hydrogens (tertiary/aromatic N) is 3. The van der Waals surface area contributed by atoms with Crippen molar-refractivity contribution in [1.82, 2.24) is 0 Å². The number of benzene rings is 1. The van der Waals surface area contributed by atoms with Crippen molar-refractivity contribution in [3.05, 3.63) is 33.9 Å². The highest BCUT2D eigenvalue weighted by Gasteiger charge is 2.20. The van der Waals surface area contributed by atoms with E-state index in [1.807, 2.05) is 0 Å². The maximum atomic E-state index is 10.7. The summed E-state index contributed by atoms with van der Waals surface area (Å²) in [5.41, 5.74) is 0.384. The first-order valence-corrected chi connectivity index (χ1v) is 3.92. The molecular formula is C9H9N3O2. The summed E-state index contributed by atoms with van der Waals surface area (Å²) in [6, 6.07) is 6.48. The van der Waals surface area contributed by atoms with Gasteiger partial charge in [-0.1, -0.05) is 6.07 Å². The lowest BCUT2D eigenvalue weighted by Gasteiger charge is -2.12. The van der Waals surface area contributed by atoms with Crippen LogP contribution in [0.5, 0.6) is 0 Å². The molecule has 1 aromatic carbocycles. The molecule has 0 aliphatic carbocycles. The van der Waals surface area contributed by atoms with Crippen LogP contribution in [0.1, 0.15) is 5.56 Å². The fourth-order valence-electron chi connectivity index (χ4n) is 1.17. The lowest BCUT2D eigenvalue weighted by Crippen LogP contribution is -2.11. The Labute approximate surface area is 81.3 Å². The molecule has 0 unspecified atom stereocenters. The zero-order valence-electron chi connectivity index (χ0n) is 7.89. The van der Waals surface area contributed by atoms with Gasteiger partial charge >= 0.3 is 5.69 Å². The normalized spacial score (nSPS) is 9.21. The highest BCUT2D eigenvalue weighted by molar-refractivity contribution is 5.69. The molecule has 0 bridgehead atoms. The average molecular weight is 191 g/mol. The third-order valence-electron chi connectivity index (χ3n) is 1.80. The van der Waals surface area contributed by atoms with Crippen LogP contribution in [0.3, 0.4) is 0 Å². The fraction of sp³-hybridized carbons (Fsp3) is 0.222. The average Bonchev–Trinajstić information content (AvgIpc) is 2.16. The van der Waals surface area contributed by atoms with Crippen molar-refractivity contribution in [2.45, 2.75) is 0 Å². The Kier molecular flexibility index (Phi) is 2.67. The van der Waals surface area contributed by atoms with Gasteiger partial charge in [0.25, 0.3) is 0 Å². The van der Waals surface area contributed by atoms with Gasteiger partial charge in [0.05, 0.1) is 4.92 Å². The van der Waals surface area contributed by atoms with Crippen LogP contribution in [-0.4, -0.2) is 19.0 Å². The van der Waals surface area contributed by atoms with Gasteiger partial charge in [-0.05, 0) is 12.1 Å². The van der Waals surface area contributed by atoms with Gasteiger partial charge in [0, 0.05) is 14.1 Å². The molecule has 72 valence electrons. The number of nitriles is 1. The molecule has 0 radical (unpaired) electrons. The number of nitro benzene ring substituents is 1. The summed E-state index contributed by atoms with van der Waals surface area (Å²) in [6.45, 7) is 0. The van der Waals surface area contributed by atoms with E-state index < -0.39 is 4.92 Å². The minimum atomic E-state index is -0.534. The molecule has 1 rings (SSSR count). The lowest BCUT2D eigenvalue weighted by molar-refractivity contribution is -0.384. The van der Waals surface area contributed by atoms with E-state index in [9.17, 15) is 10.1 Å². The third kappa shape index (κ3) is 1.64. The van der Waals surface area contributed by atoms with Crippen molar-refractivity contribution in [3.8, 4) is 6.07 Å². The van der Waals surface area contributed by atoms with Gasteiger partial charge < -0.3 is 4.90 Å². The second kappa shape index (κ2) is 3.75. The molecular weight excluding hydrogens is 182 g/mol. The Bertz CT molecular complexity index is 407. The zero-order valence-corrected chi connectivity index (χ0v) is 7.89. The molecule has 0 aliphatic heterocycles. The topological polar surface area (TPSA) is 70.2 Å².